The van der Waals surface area contributed by atoms with E-state index in [1.54, 1.807) is 18.2 Å². The van der Waals surface area contributed by atoms with Gasteiger partial charge in [-0.1, -0.05) is 0 Å². The second kappa shape index (κ2) is 4.20. The van der Waals surface area contributed by atoms with Crippen LogP contribution >= 0.6 is 0 Å². The van der Waals surface area contributed by atoms with Gasteiger partial charge in [0, 0.05) is 6.07 Å². The molecule has 0 N–H and O–H groups in total. The van der Waals surface area contributed by atoms with Gasteiger partial charge in [-0.2, -0.15) is 10.5 Å². The molecule has 0 atom stereocenters. The van der Waals surface area contributed by atoms with Crippen molar-refractivity contribution >= 4 is 0 Å². The first-order chi connectivity index (χ1) is 7.81. The van der Waals surface area contributed by atoms with Crippen LogP contribution in [0.4, 0.5) is 0 Å². The topological polar surface area (TPSA) is 70.0 Å². The van der Waals surface area contributed by atoms with E-state index >= 15 is 0 Å². The van der Waals surface area contributed by atoms with Gasteiger partial charge < -0.3 is 9.15 Å². The zero-order valence-electron chi connectivity index (χ0n) is 8.18. The maximum atomic E-state index is 8.77. The fourth-order valence-electron chi connectivity index (χ4n) is 1.23. The molecule has 1 aromatic carbocycles. The van der Waals surface area contributed by atoms with Crippen LogP contribution in [0.5, 0.6) is 11.5 Å². The van der Waals surface area contributed by atoms with Gasteiger partial charge in [-0.3, -0.25) is 0 Å². The molecule has 1 heterocycles. The molecule has 2 rings (SSSR count). The summed E-state index contributed by atoms with van der Waals surface area (Å²) >= 11 is 0. The number of benzene rings is 1. The average Bonchev–Trinajstić information content (AvgIpc) is 2.81. The molecule has 1 aromatic heterocycles. The molecule has 0 unspecified atom stereocenters. The summed E-state index contributed by atoms with van der Waals surface area (Å²) in [5.74, 6) is 0.968. The fraction of sp³-hybridized carbons (Fsp3) is 0. The highest BCUT2D eigenvalue weighted by molar-refractivity contribution is 5.46. The molecule has 0 fully saturated rings. The van der Waals surface area contributed by atoms with Crippen molar-refractivity contribution in [3.05, 3.63) is 47.9 Å². The van der Waals surface area contributed by atoms with Gasteiger partial charge in [0.1, 0.15) is 12.0 Å². The van der Waals surface area contributed by atoms with Gasteiger partial charge in [-0.25, -0.2) is 0 Å². The van der Waals surface area contributed by atoms with E-state index in [2.05, 4.69) is 0 Å². The number of nitriles is 2. The molecule has 0 spiro atoms. The van der Waals surface area contributed by atoms with Gasteiger partial charge >= 0.3 is 0 Å². The van der Waals surface area contributed by atoms with Gasteiger partial charge in [0.15, 0.2) is 5.75 Å². The van der Waals surface area contributed by atoms with Crippen molar-refractivity contribution in [3.63, 3.8) is 0 Å². The fourth-order valence-corrected chi connectivity index (χ4v) is 1.23. The Balaban J connectivity index is 2.35. The van der Waals surface area contributed by atoms with Gasteiger partial charge in [0.2, 0.25) is 0 Å². The predicted molar refractivity (Wildman–Crippen MR) is 54.7 cm³/mol. The number of rotatable bonds is 2. The Kier molecular flexibility index (Phi) is 2.58. The minimum atomic E-state index is 0.387. The van der Waals surface area contributed by atoms with Crippen LogP contribution in [0.1, 0.15) is 11.1 Å². The zero-order chi connectivity index (χ0) is 11.4. The summed E-state index contributed by atoms with van der Waals surface area (Å²) in [5.41, 5.74) is 0.773. The second-order valence-corrected chi connectivity index (χ2v) is 3.03. The van der Waals surface area contributed by atoms with Crippen molar-refractivity contribution in [1.82, 2.24) is 0 Å². The summed E-state index contributed by atoms with van der Waals surface area (Å²) in [7, 11) is 0. The lowest BCUT2D eigenvalue weighted by Gasteiger charge is -2.03. The lowest BCUT2D eigenvalue weighted by Crippen LogP contribution is -1.86. The molecular weight excluding hydrogens is 204 g/mol. The van der Waals surface area contributed by atoms with Gasteiger partial charge in [0.05, 0.1) is 29.5 Å². The maximum Gasteiger partial charge on any atom is 0.165 e. The van der Waals surface area contributed by atoms with Crippen molar-refractivity contribution in [2.24, 2.45) is 0 Å². The molecule has 4 nitrogen and oxygen atoms in total. The van der Waals surface area contributed by atoms with Crippen molar-refractivity contribution in [2.45, 2.75) is 0 Å². The molecule has 4 heteroatoms. The smallest absolute Gasteiger partial charge is 0.165 e. The Labute approximate surface area is 91.9 Å². The highest BCUT2D eigenvalue weighted by atomic mass is 16.5. The quantitative estimate of drug-likeness (QED) is 0.764. The molecule has 0 saturated heterocycles. The van der Waals surface area contributed by atoms with Crippen LogP contribution < -0.4 is 4.74 Å². The molecule has 0 aliphatic rings. The van der Waals surface area contributed by atoms with Crippen LogP contribution in [0.25, 0.3) is 0 Å². The molecule has 0 bridgehead atoms. The van der Waals surface area contributed by atoms with Crippen LogP contribution in [0.2, 0.25) is 0 Å². The third kappa shape index (κ3) is 2.02. The summed E-state index contributed by atoms with van der Waals surface area (Å²) < 4.78 is 10.3. The molecule has 76 valence electrons. The van der Waals surface area contributed by atoms with E-state index in [1.807, 2.05) is 12.1 Å². The van der Waals surface area contributed by atoms with Gasteiger partial charge in [-0.15, -0.1) is 0 Å². The first-order valence-corrected chi connectivity index (χ1v) is 4.47. The second-order valence-electron chi connectivity index (χ2n) is 3.03. The highest BCUT2D eigenvalue weighted by Crippen LogP contribution is 2.23. The van der Waals surface area contributed by atoms with Crippen molar-refractivity contribution in [2.75, 3.05) is 0 Å². The number of ether oxygens (including phenoxy) is 1. The van der Waals surface area contributed by atoms with Gasteiger partial charge in [0.25, 0.3) is 0 Å². The van der Waals surface area contributed by atoms with Crippen molar-refractivity contribution in [1.29, 1.82) is 10.5 Å². The van der Waals surface area contributed by atoms with Crippen molar-refractivity contribution in [3.8, 4) is 23.6 Å². The van der Waals surface area contributed by atoms with E-state index in [-0.39, 0.29) is 0 Å². The SMILES string of the molecule is N#Cc1cc(C#N)cc(Oc2ccoc2)c1. The van der Waals surface area contributed by atoms with Crippen LogP contribution in [0, 0.1) is 22.7 Å². The Morgan fingerprint density at radius 2 is 1.69 bits per heavy atom. The first-order valence-electron chi connectivity index (χ1n) is 4.47. The largest absolute Gasteiger partial charge is 0.469 e. The molecule has 0 aliphatic carbocycles. The Bertz CT molecular complexity index is 542. The molecule has 0 aliphatic heterocycles. The van der Waals surface area contributed by atoms with E-state index in [0.717, 1.165) is 0 Å². The standard InChI is InChI=1S/C12H6N2O2/c13-6-9-3-10(7-14)5-12(4-9)16-11-1-2-15-8-11/h1-5,8H. The lowest BCUT2D eigenvalue weighted by atomic mass is 10.1. The lowest BCUT2D eigenvalue weighted by molar-refractivity contribution is 0.466. The monoisotopic (exact) mass is 210 g/mol. The summed E-state index contributed by atoms with van der Waals surface area (Å²) in [4.78, 5) is 0. The number of hydrogen-bond donors (Lipinski definition) is 0. The molecule has 2 aromatic rings. The van der Waals surface area contributed by atoms with Crippen LogP contribution in [0.15, 0.2) is 41.2 Å². The Morgan fingerprint density at radius 1 is 1.00 bits per heavy atom. The summed E-state index contributed by atoms with van der Waals surface area (Å²) in [5, 5.41) is 17.5. The van der Waals surface area contributed by atoms with E-state index in [0.29, 0.717) is 22.6 Å². The van der Waals surface area contributed by atoms with Crippen LogP contribution in [-0.2, 0) is 0 Å². The maximum absolute atomic E-state index is 8.77. The summed E-state index contributed by atoms with van der Waals surface area (Å²) in [6, 6.07) is 10.2. The van der Waals surface area contributed by atoms with E-state index < -0.39 is 0 Å². The first kappa shape index (κ1) is 9.82. The number of furan rings is 1. The minimum Gasteiger partial charge on any atom is -0.469 e. The Morgan fingerprint density at radius 3 is 2.19 bits per heavy atom. The molecule has 0 amide bonds. The zero-order valence-corrected chi connectivity index (χ0v) is 8.18. The molecular formula is C12H6N2O2. The van der Waals surface area contributed by atoms with Crippen LogP contribution in [0.3, 0.4) is 0 Å². The molecule has 0 saturated carbocycles. The van der Waals surface area contributed by atoms with Crippen LogP contribution in [-0.4, -0.2) is 0 Å². The Hall–Kier alpha value is -2.72. The third-order valence-electron chi connectivity index (χ3n) is 1.90. The molecule has 0 radical (unpaired) electrons. The predicted octanol–water partition coefficient (Wildman–Crippen LogP) is 2.82. The van der Waals surface area contributed by atoms with Gasteiger partial charge in [-0.05, 0) is 18.2 Å². The summed E-state index contributed by atoms with van der Waals surface area (Å²) in [6.45, 7) is 0. The minimum absolute atomic E-state index is 0.387. The number of hydrogen-bond acceptors (Lipinski definition) is 4. The normalized spacial score (nSPS) is 9.12. The van der Waals surface area contributed by atoms with E-state index in [9.17, 15) is 0 Å². The molecule has 16 heavy (non-hydrogen) atoms. The van der Waals surface area contributed by atoms with E-state index in [4.69, 9.17) is 19.7 Å². The number of nitrogens with zero attached hydrogens (tertiary/aromatic N) is 2. The van der Waals surface area contributed by atoms with Crippen molar-refractivity contribution < 1.29 is 9.15 Å². The summed E-state index contributed by atoms with van der Waals surface area (Å²) in [6.07, 6.45) is 2.92. The average molecular weight is 210 g/mol. The highest BCUT2D eigenvalue weighted by Gasteiger charge is 2.03. The van der Waals surface area contributed by atoms with E-state index in [1.165, 1.54) is 18.6 Å². The third-order valence-corrected chi connectivity index (χ3v) is 1.90.